The highest BCUT2D eigenvalue weighted by Crippen LogP contribution is 2.40. The fraction of sp³-hybridized carbons (Fsp3) is 1.00. The first kappa shape index (κ1) is 13.9. The van der Waals surface area contributed by atoms with E-state index in [1.165, 1.54) is 64.6 Å². The Labute approximate surface area is 119 Å². The molecule has 2 heteroatoms. The molecule has 1 heterocycles. The molecule has 0 radical (unpaired) electrons. The first-order valence-corrected chi connectivity index (χ1v) is 8.71. The molecule has 4 atom stereocenters. The lowest BCUT2D eigenvalue weighted by atomic mass is 9.72. The molecule has 1 aliphatic heterocycles. The van der Waals surface area contributed by atoms with Crippen molar-refractivity contribution in [2.75, 3.05) is 19.6 Å². The summed E-state index contributed by atoms with van der Waals surface area (Å²) < 4.78 is 0. The van der Waals surface area contributed by atoms with E-state index in [-0.39, 0.29) is 0 Å². The summed E-state index contributed by atoms with van der Waals surface area (Å²) in [7, 11) is 0. The maximum absolute atomic E-state index is 3.65. The molecule has 0 amide bonds. The third-order valence-electron chi connectivity index (χ3n) is 5.96. The maximum atomic E-state index is 3.65. The Hall–Kier alpha value is -0.0800. The van der Waals surface area contributed by atoms with Crippen LogP contribution in [0.1, 0.15) is 58.8 Å². The average molecular weight is 264 g/mol. The quantitative estimate of drug-likeness (QED) is 0.838. The zero-order valence-corrected chi connectivity index (χ0v) is 12.9. The summed E-state index contributed by atoms with van der Waals surface area (Å²) in [6.07, 6.45) is 10.5. The third kappa shape index (κ3) is 3.16. The number of rotatable bonds is 4. The molecule has 3 fully saturated rings. The predicted molar refractivity (Wildman–Crippen MR) is 81.3 cm³/mol. The Morgan fingerprint density at radius 3 is 2.47 bits per heavy atom. The topological polar surface area (TPSA) is 15.3 Å². The lowest BCUT2D eigenvalue weighted by Crippen LogP contribution is -2.55. The highest BCUT2D eigenvalue weighted by atomic mass is 15.2. The number of nitrogens with one attached hydrogen (secondary N) is 1. The van der Waals surface area contributed by atoms with Crippen LogP contribution in [0.4, 0.5) is 0 Å². The summed E-state index contributed by atoms with van der Waals surface area (Å²) in [6.45, 7) is 8.59. The largest absolute Gasteiger partial charge is 0.314 e. The molecule has 1 N–H and O–H groups in total. The van der Waals surface area contributed by atoms with Crippen molar-refractivity contribution in [3.05, 3.63) is 0 Å². The Morgan fingerprint density at radius 1 is 1.00 bits per heavy atom. The van der Waals surface area contributed by atoms with Crippen molar-refractivity contribution in [1.82, 2.24) is 10.2 Å². The minimum atomic E-state index is 0.644. The van der Waals surface area contributed by atoms with Crippen LogP contribution in [-0.2, 0) is 0 Å². The molecular weight excluding hydrogens is 232 g/mol. The van der Waals surface area contributed by atoms with Crippen molar-refractivity contribution in [2.45, 2.75) is 70.9 Å². The summed E-state index contributed by atoms with van der Waals surface area (Å²) in [5, 5.41) is 3.65. The minimum absolute atomic E-state index is 0.644. The van der Waals surface area contributed by atoms with Crippen molar-refractivity contribution < 1.29 is 0 Å². The predicted octanol–water partition coefficient (Wildman–Crippen LogP) is 3.28. The van der Waals surface area contributed by atoms with Crippen LogP contribution in [0, 0.1) is 17.8 Å². The first-order chi connectivity index (χ1) is 9.24. The molecule has 0 aromatic carbocycles. The fourth-order valence-electron chi connectivity index (χ4n) is 4.59. The highest BCUT2D eigenvalue weighted by Gasteiger charge is 2.39. The van der Waals surface area contributed by atoms with E-state index in [0.29, 0.717) is 6.04 Å². The Bertz CT molecular complexity index is 289. The van der Waals surface area contributed by atoms with Crippen LogP contribution >= 0.6 is 0 Å². The van der Waals surface area contributed by atoms with E-state index in [1.807, 2.05) is 0 Å². The smallest absolute Gasteiger partial charge is 0.0136 e. The van der Waals surface area contributed by atoms with Gasteiger partial charge in [0, 0.05) is 18.6 Å². The van der Waals surface area contributed by atoms with Crippen LogP contribution in [0.3, 0.4) is 0 Å². The van der Waals surface area contributed by atoms with Crippen LogP contribution in [0.5, 0.6) is 0 Å². The molecule has 0 aromatic rings. The van der Waals surface area contributed by atoms with Gasteiger partial charge < -0.3 is 5.32 Å². The molecule has 0 bridgehead atoms. The van der Waals surface area contributed by atoms with Gasteiger partial charge in [-0.3, -0.25) is 4.90 Å². The van der Waals surface area contributed by atoms with Gasteiger partial charge in [0.15, 0.2) is 0 Å². The third-order valence-corrected chi connectivity index (χ3v) is 5.96. The zero-order chi connectivity index (χ0) is 13.2. The van der Waals surface area contributed by atoms with Crippen molar-refractivity contribution >= 4 is 0 Å². The lowest BCUT2D eigenvalue weighted by molar-refractivity contribution is -0.00294. The Balaban J connectivity index is 1.49. The normalized spacial score (nSPS) is 39.9. The second-order valence-electron chi connectivity index (χ2n) is 7.56. The molecule has 1 saturated heterocycles. The second kappa shape index (κ2) is 6.13. The number of nitrogens with zero attached hydrogens (tertiary/aromatic N) is 1. The fourth-order valence-corrected chi connectivity index (χ4v) is 4.59. The molecule has 2 saturated carbocycles. The van der Waals surface area contributed by atoms with Crippen molar-refractivity contribution in [1.29, 1.82) is 0 Å². The Kier molecular flexibility index (Phi) is 4.48. The van der Waals surface area contributed by atoms with Crippen LogP contribution in [0.15, 0.2) is 0 Å². The van der Waals surface area contributed by atoms with Gasteiger partial charge in [-0.1, -0.05) is 33.1 Å². The summed E-state index contributed by atoms with van der Waals surface area (Å²) in [5.74, 6) is 3.06. The molecule has 4 unspecified atom stereocenters. The van der Waals surface area contributed by atoms with E-state index in [2.05, 4.69) is 24.1 Å². The summed E-state index contributed by atoms with van der Waals surface area (Å²) in [5.41, 5.74) is 0. The molecule has 3 rings (SSSR count). The number of hydrogen-bond donors (Lipinski definition) is 1. The summed E-state index contributed by atoms with van der Waals surface area (Å²) in [4.78, 5) is 2.86. The van der Waals surface area contributed by atoms with Gasteiger partial charge in [-0.2, -0.15) is 0 Å². The number of hydrogen-bond acceptors (Lipinski definition) is 2. The molecule has 0 spiro atoms. The lowest BCUT2D eigenvalue weighted by Gasteiger charge is -2.50. The molecule has 2 nitrogen and oxygen atoms in total. The molecular formula is C17H32N2. The average Bonchev–Trinajstić information content (AvgIpc) is 2.37. The van der Waals surface area contributed by atoms with E-state index in [9.17, 15) is 0 Å². The summed E-state index contributed by atoms with van der Waals surface area (Å²) in [6, 6.07) is 1.56. The van der Waals surface area contributed by atoms with Gasteiger partial charge >= 0.3 is 0 Å². The van der Waals surface area contributed by atoms with E-state index >= 15 is 0 Å². The van der Waals surface area contributed by atoms with Gasteiger partial charge in [-0.05, 0) is 56.5 Å². The molecule has 3 aliphatic rings. The first-order valence-electron chi connectivity index (χ1n) is 8.71. The van der Waals surface area contributed by atoms with Gasteiger partial charge in [0.25, 0.3) is 0 Å². The number of fused-ring (bicyclic) bond motifs is 1. The van der Waals surface area contributed by atoms with Crippen LogP contribution < -0.4 is 5.32 Å². The van der Waals surface area contributed by atoms with E-state index in [0.717, 1.165) is 23.8 Å². The number of likely N-dealkylation sites (tertiary alicyclic amines) is 1. The molecule has 2 aliphatic carbocycles. The van der Waals surface area contributed by atoms with Gasteiger partial charge in [-0.25, -0.2) is 0 Å². The SMILES string of the molecule is CC(C)NCC1CCC1N1CCC2CCCCC2C1. The molecule has 110 valence electrons. The Morgan fingerprint density at radius 2 is 1.79 bits per heavy atom. The van der Waals surface area contributed by atoms with Crippen molar-refractivity contribution in [2.24, 2.45) is 17.8 Å². The van der Waals surface area contributed by atoms with Gasteiger partial charge in [0.1, 0.15) is 0 Å². The second-order valence-corrected chi connectivity index (χ2v) is 7.56. The van der Waals surface area contributed by atoms with Crippen molar-refractivity contribution in [3.8, 4) is 0 Å². The monoisotopic (exact) mass is 264 g/mol. The zero-order valence-electron chi connectivity index (χ0n) is 12.9. The van der Waals surface area contributed by atoms with Crippen LogP contribution in [0.2, 0.25) is 0 Å². The van der Waals surface area contributed by atoms with E-state index in [4.69, 9.17) is 0 Å². The highest BCUT2D eigenvalue weighted by molar-refractivity contribution is 4.94. The maximum Gasteiger partial charge on any atom is 0.0136 e. The minimum Gasteiger partial charge on any atom is -0.314 e. The standard InChI is InChI=1S/C17H32N2/c1-13(2)18-11-15-7-8-17(15)19-10-9-14-5-3-4-6-16(14)12-19/h13-18H,3-12H2,1-2H3. The van der Waals surface area contributed by atoms with E-state index < -0.39 is 0 Å². The van der Waals surface area contributed by atoms with E-state index in [1.54, 1.807) is 0 Å². The molecule has 19 heavy (non-hydrogen) atoms. The molecule has 0 aromatic heterocycles. The van der Waals surface area contributed by atoms with Gasteiger partial charge in [0.05, 0.1) is 0 Å². The van der Waals surface area contributed by atoms with Crippen molar-refractivity contribution in [3.63, 3.8) is 0 Å². The van der Waals surface area contributed by atoms with Crippen LogP contribution in [0.25, 0.3) is 0 Å². The van der Waals surface area contributed by atoms with Gasteiger partial charge in [0.2, 0.25) is 0 Å². The van der Waals surface area contributed by atoms with Crippen LogP contribution in [-0.4, -0.2) is 36.6 Å². The van der Waals surface area contributed by atoms with Gasteiger partial charge in [-0.15, -0.1) is 0 Å². The summed E-state index contributed by atoms with van der Waals surface area (Å²) >= 11 is 0. The number of piperidine rings is 1.